The normalized spacial score (nSPS) is 18.2. The molecule has 2 aromatic heterocycles. The highest BCUT2D eigenvalue weighted by Gasteiger charge is 2.16. The maximum absolute atomic E-state index is 12.5. The Labute approximate surface area is 132 Å². The molecule has 1 aromatic carbocycles. The van der Waals surface area contributed by atoms with Gasteiger partial charge in [0.2, 0.25) is 5.58 Å². The van der Waals surface area contributed by atoms with E-state index in [2.05, 4.69) is 4.98 Å². The number of furan rings is 1. The van der Waals surface area contributed by atoms with Gasteiger partial charge in [0.15, 0.2) is 0 Å². The molecule has 0 amide bonds. The number of hydrogen-bond donors (Lipinski definition) is 0. The lowest BCUT2D eigenvalue weighted by Gasteiger charge is -2.10. The van der Waals surface area contributed by atoms with Gasteiger partial charge >= 0.3 is 0 Å². The molecule has 1 atom stereocenters. The van der Waals surface area contributed by atoms with Crippen molar-refractivity contribution in [2.75, 3.05) is 19.8 Å². The summed E-state index contributed by atoms with van der Waals surface area (Å²) >= 11 is 0. The predicted octanol–water partition coefficient (Wildman–Crippen LogP) is 2.34. The maximum atomic E-state index is 12.5. The van der Waals surface area contributed by atoms with E-state index in [1.165, 1.54) is 4.57 Å². The van der Waals surface area contributed by atoms with Crippen LogP contribution in [0.2, 0.25) is 0 Å². The Balaban J connectivity index is 1.50. The fraction of sp³-hybridized carbons (Fsp3) is 0.412. The Hall–Kier alpha value is -2.18. The maximum Gasteiger partial charge on any atom is 0.297 e. The van der Waals surface area contributed by atoms with Crippen molar-refractivity contribution in [3.63, 3.8) is 0 Å². The molecule has 3 heterocycles. The van der Waals surface area contributed by atoms with Gasteiger partial charge in [-0.15, -0.1) is 0 Å². The van der Waals surface area contributed by atoms with Crippen molar-refractivity contribution in [2.45, 2.75) is 25.5 Å². The summed E-state index contributed by atoms with van der Waals surface area (Å²) in [6.07, 6.45) is 3.90. The van der Waals surface area contributed by atoms with Crippen LogP contribution in [-0.2, 0) is 16.0 Å². The van der Waals surface area contributed by atoms with E-state index < -0.39 is 0 Å². The van der Waals surface area contributed by atoms with Crippen LogP contribution in [0.15, 0.2) is 39.8 Å². The van der Waals surface area contributed by atoms with Gasteiger partial charge in [0.1, 0.15) is 11.1 Å². The van der Waals surface area contributed by atoms with Gasteiger partial charge in [-0.1, -0.05) is 12.1 Å². The number of nitrogens with zero attached hydrogens (tertiary/aromatic N) is 2. The summed E-state index contributed by atoms with van der Waals surface area (Å²) in [5, 5.41) is 0.862. The van der Waals surface area contributed by atoms with Crippen molar-refractivity contribution in [2.24, 2.45) is 0 Å². The highest BCUT2D eigenvalue weighted by Crippen LogP contribution is 2.23. The highest BCUT2D eigenvalue weighted by atomic mass is 16.5. The molecule has 1 fully saturated rings. The molecule has 6 heteroatoms. The van der Waals surface area contributed by atoms with Crippen LogP contribution in [0.25, 0.3) is 22.1 Å². The zero-order chi connectivity index (χ0) is 15.6. The number of benzene rings is 1. The van der Waals surface area contributed by atoms with Crippen LogP contribution in [0.5, 0.6) is 0 Å². The van der Waals surface area contributed by atoms with Crippen LogP contribution < -0.4 is 5.56 Å². The van der Waals surface area contributed by atoms with Crippen LogP contribution in [0.4, 0.5) is 0 Å². The summed E-state index contributed by atoms with van der Waals surface area (Å²) < 4.78 is 18.3. The summed E-state index contributed by atoms with van der Waals surface area (Å²) in [5.41, 5.74) is 1.42. The van der Waals surface area contributed by atoms with Crippen LogP contribution in [-0.4, -0.2) is 35.5 Å². The van der Waals surface area contributed by atoms with Gasteiger partial charge in [0.05, 0.1) is 32.2 Å². The van der Waals surface area contributed by atoms with Crippen LogP contribution in [0, 0.1) is 0 Å². The Morgan fingerprint density at radius 3 is 3.13 bits per heavy atom. The Morgan fingerprint density at radius 2 is 2.26 bits per heavy atom. The van der Waals surface area contributed by atoms with E-state index in [1.54, 1.807) is 6.33 Å². The zero-order valence-electron chi connectivity index (χ0n) is 12.7. The summed E-state index contributed by atoms with van der Waals surface area (Å²) in [5.74, 6) is 0. The lowest BCUT2D eigenvalue weighted by atomic mass is 10.2. The lowest BCUT2D eigenvalue weighted by Crippen LogP contribution is -2.23. The van der Waals surface area contributed by atoms with Crippen molar-refractivity contribution < 1.29 is 13.9 Å². The average molecular weight is 314 g/mol. The zero-order valence-corrected chi connectivity index (χ0v) is 12.7. The molecule has 3 aromatic rings. The predicted molar refractivity (Wildman–Crippen MR) is 85.6 cm³/mol. The highest BCUT2D eigenvalue weighted by molar-refractivity contribution is 6.01. The fourth-order valence-electron chi connectivity index (χ4n) is 2.93. The van der Waals surface area contributed by atoms with E-state index in [4.69, 9.17) is 13.9 Å². The molecule has 0 radical (unpaired) electrons. The number of para-hydroxylation sites is 1. The van der Waals surface area contributed by atoms with Crippen molar-refractivity contribution >= 4 is 22.1 Å². The molecule has 0 unspecified atom stereocenters. The largest absolute Gasteiger partial charge is 0.448 e. The molecular weight excluding hydrogens is 296 g/mol. The van der Waals surface area contributed by atoms with E-state index in [1.807, 2.05) is 24.3 Å². The topological polar surface area (TPSA) is 66.5 Å². The molecule has 1 aliphatic rings. The molecule has 23 heavy (non-hydrogen) atoms. The van der Waals surface area contributed by atoms with Crippen molar-refractivity contribution in [1.82, 2.24) is 9.55 Å². The Morgan fingerprint density at radius 1 is 1.35 bits per heavy atom. The minimum atomic E-state index is -0.174. The molecule has 120 valence electrons. The van der Waals surface area contributed by atoms with E-state index in [9.17, 15) is 4.79 Å². The number of hydrogen-bond acceptors (Lipinski definition) is 5. The number of ether oxygens (including phenoxy) is 2. The minimum absolute atomic E-state index is 0.174. The molecule has 6 nitrogen and oxygen atoms in total. The first-order valence-electron chi connectivity index (χ1n) is 7.89. The fourth-order valence-corrected chi connectivity index (χ4v) is 2.93. The van der Waals surface area contributed by atoms with E-state index in [0.29, 0.717) is 36.4 Å². The van der Waals surface area contributed by atoms with Gasteiger partial charge in [-0.3, -0.25) is 9.36 Å². The molecule has 0 spiro atoms. The van der Waals surface area contributed by atoms with Gasteiger partial charge < -0.3 is 13.9 Å². The number of rotatable bonds is 5. The SMILES string of the molecule is O=c1c2oc3ccccc3c2ncn1CCOC[C@@H]1CCCO1. The summed E-state index contributed by atoms with van der Waals surface area (Å²) in [6, 6.07) is 7.53. The summed E-state index contributed by atoms with van der Waals surface area (Å²) in [4.78, 5) is 16.9. The molecule has 0 bridgehead atoms. The van der Waals surface area contributed by atoms with E-state index >= 15 is 0 Å². The lowest BCUT2D eigenvalue weighted by molar-refractivity contribution is 0.0146. The summed E-state index contributed by atoms with van der Waals surface area (Å²) in [7, 11) is 0. The average Bonchev–Trinajstić information content (AvgIpc) is 3.21. The third-order valence-electron chi connectivity index (χ3n) is 4.15. The Kier molecular flexibility index (Phi) is 3.85. The van der Waals surface area contributed by atoms with Crippen LogP contribution in [0.1, 0.15) is 12.8 Å². The third-order valence-corrected chi connectivity index (χ3v) is 4.15. The number of aromatic nitrogens is 2. The second kappa shape index (κ2) is 6.14. The molecule has 1 saturated heterocycles. The molecule has 0 aliphatic carbocycles. The molecular formula is C17H18N2O4. The summed E-state index contributed by atoms with van der Waals surface area (Å²) in [6.45, 7) is 2.30. The minimum Gasteiger partial charge on any atom is -0.448 e. The van der Waals surface area contributed by atoms with Crippen LogP contribution >= 0.6 is 0 Å². The molecule has 1 aliphatic heterocycles. The van der Waals surface area contributed by atoms with Gasteiger partial charge in [-0.25, -0.2) is 4.98 Å². The van der Waals surface area contributed by atoms with Gasteiger partial charge in [0, 0.05) is 12.0 Å². The smallest absolute Gasteiger partial charge is 0.297 e. The number of fused-ring (bicyclic) bond motifs is 3. The van der Waals surface area contributed by atoms with E-state index in [-0.39, 0.29) is 11.7 Å². The van der Waals surface area contributed by atoms with Crippen molar-refractivity contribution in [3.05, 3.63) is 40.9 Å². The van der Waals surface area contributed by atoms with Gasteiger partial charge in [0.25, 0.3) is 5.56 Å². The van der Waals surface area contributed by atoms with Crippen molar-refractivity contribution in [1.29, 1.82) is 0 Å². The second-order valence-electron chi connectivity index (χ2n) is 5.73. The first kappa shape index (κ1) is 14.4. The van der Waals surface area contributed by atoms with E-state index in [0.717, 1.165) is 24.8 Å². The Bertz CT molecular complexity index is 877. The van der Waals surface area contributed by atoms with Gasteiger partial charge in [-0.05, 0) is 25.0 Å². The molecule has 0 N–H and O–H groups in total. The molecule has 0 saturated carbocycles. The first-order chi connectivity index (χ1) is 11.3. The van der Waals surface area contributed by atoms with Gasteiger partial charge in [-0.2, -0.15) is 0 Å². The van der Waals surface area contributed by atoms with Crippen LogP contribution in [0.3, 0.4) is 0 Å². The third kappa shape index (κ3) is 2.75. The monoisotopic (exact) mass is 314 g/mol. The molecule has 4 rings (SSSR count). The standard InChI is InChI=1S/C17H18N2O4/c20-17-16-15(13-5-1-2-6-14(13)23-16)18-11-19(17)7-9-21-10-12-4-3-8-22-12/h1-2,5-6,11-12H,3-4,7-10H2/t12-/m0/s1. The second-order valence-corrected chi connectivity index (χ2v) is 5.73. The van der Waals surface area contributed by atoms with Crippen molar-refractivity contribution in [3.8, 4) is 0 Å². The quantitative estimate of drug-likeness (QED) is 0.676. The first-order valence-corrected chi connectivity index (χ1v) is 7.89.